The number of carbonyl (C=O) groups is 1. The number of primary amides is 1. The summed E-state index contributed by atoms with van der Waals surface area (Å²) in [7, 11) is 0. The van der Waals surface area contributed by atoms with E-state index in [1.165, 1.54) is 6.07 Å². The van der Waals surface area contributed by atoms with Crippen molar-refractivity contribution in [2.24, 2.45) is 10.8 Å². The molecule has 0 unspecified atom stereocenters. The van der Waals surface area contributed by atoms with Crippen LogP contribution in [0.4, 0.5) is 4.79 Å². The van der Waals surface area contributed by atoms with E-state index in [0.717, 1.165) is 16.3 Å². The lowest BCUT2D eigenvalue weighted by Crippen LogP contribution is -2.25. The third kappa shape index (κ3) is 2.16. The van der Waals surface area contributed by atoms with Crippen LogP contribution in [-0.2, 0) is 0 Å². The van der Waals surface area contributed by atoms with Crippen LogP contribution < -0.4 is 11.2 Å². The van der Waals surface area contributed by atoms with Crippen LogP contribution in [0, 0.1) is 0 Å². The maximum atomic E-state index is 10.8. The molecule has 0 saturated carbocycles. The number of hydrazone groups is 1. The van der Waals surface area contributed by atoms with Gasteiger partial charge in [0.2, 0.25) is 0 Å². The molecule has 0 aliphatic rings. The number of carbonyl (C=O) groups excluding carboxylic acids is 1. The van der Waals surface area contributed by atoms with Crippen LogP contribution in [0.2, 0.25) is 0 Å². The average Bonchev–Trinajstić information content (AvgIpc) is 2.86. The van der Waals surface area contributed by atoms with Gasteiger partial charge in [0.15, 0.2) is 11.3 Å². The number of furan rings is 1. The van der Waals surface area contributed by atoms with E-state index >= 15 is 0 Å². The predicted molar refractivity (Wildman–Crippen MR) is 80.3 cm³/mol. The number of amides is 2. The number of nitrogens with two attached hydrogens (primary N) is 1. The van der Waals surface area contributed by atoms with Gasteiger partial charge in [0.25, 0.3) is 0 Å². The molecular formula is C15H13N3O3. The molecule has 4 N–H and O–H groups in total. The van der Waals surface area contributed by atoms with Gasteiger partial charge in [-0.1, -0.05) is 18.2 Å². The third-order valence-corrected chi connectivity index (χ3v) is 3.23. The fourth-order valence-corrected chi connectivity index (χ4v) is 2.32. The van der Waals surface area contributed by atoms with Crippen LogP contribution in [0.1, 0.15) is 12.5 Å². The first-order valence-electron chi connectivity index (χ1n) is 6.31. The van der Waals surface area contributed by atoms with E-state index in [1.54, 1.807) is 13.0 Å². The molecular weight excluding hydrogens is 270 g/mol. The lowest BCUT2D eigenvalue weighted by Gasteiger charge is -2.04. The second kappa shape index (κ2) is 4.82. The Bertz CT molecular complexity index is 880. The molecule has 0 fully saturated rings. The highest BCUT2D eigenvalue weighted by molar-refractivity contribution is 6.19. The zero-order chi connectivity index (χ0) is 15.0. The number of nitrogens with one attached hydrogen (secondary N) is 1. The predicted octanol–water partition coefficient (Wildman–Crippen LogP) is 2.68. The van der Waals surface area contributed by atoms with E-state index in [2.05, 4.69) is 10.5 Å². The van der Waals surface area contributed by atoms with Gasteiger partial charge in [-0.2, -0.15) is 5.10 Å². The molecule has 6 nitrogen and oxygen atoms in total. The van der Waals surface area contributed by atoms with Crippen molar-refractivity contribution >= 4 is 33.7 Å². The van der Waals surface area contributed by atoms with Gasteiger partial charge in [0.05, 0.1) is 5.71 Å². The first-order valence-corrected chi connectivity index (χ1v) is 6.31. The number of fused-ring (bicyclic) bond motifs is 3. The maximum absolute atomic E-state index is 10.8. The number of nitrogens with zero attached hydrogens (tertiary/aromatic N) is 1. The summed E-state index contributed by atoms with van der Waals surface area (Å²) >= 11 is 0. The monoisotopic (exact) mass is 283 g/mol. The Kier molecular flexibility index (Phi) is 2.98. The standard InChI is InChI=1S/C15H13N3O3/c1-8(17-18-15(16)20)9-6-7-11(19)14-13(9)10-4-2-3-5-12(10)21-14/h2-7,19H,1H3,(H3,16,18,20)/b17-8-. The van der Waals surface area contributed by atoms with Gasteiger partial charge < -0.3 is 15.3 Å². The summed E-state index contributed by atoms with van der Waals surface area (Å²) in [5, 5.41) is 15.5. The molecule has 0 aliphatic carbocycles. The molecule has 0 radical (unpaired) electrons. The molecule has 3 rings (SSSR count). The van der Waals surface area contributed by atoms with Gasteiger partial charge in [0, 0.05) is 16.3 Å². The normalized spacial score (nSPS) is 12.0. The molecule has 0 saturated heterocycles. The molecule has 3 aromatic rings. The lowest BCUT2D eigenvalue weighted by atomic mass is 10.0. The lowest BCUT2D eigenvalue weighted by molar-refractivity contribution is 0.249. The highest BCUT2D eigenvalue weighted by atomic mass is 16.4. The Hall–Kier alpha value is -3.02. The van der Waals surface area contributed by atoms with Crippen molar-refractivity contribution in [1.82, 2.24) is 5.43 Å². The van der Waals surface area contributed by atoms with Crippen LogP contribution in [-0.4, -0.2) is 16.8 Å². The van der Waals surface area contributed by atoms with Gasteiger partial charge in [0.1, 0.15) is 5.58 Å². The molecule has 6 heteroatoms. The number of hydrogen-bond acceptors (Lipinski definition) is 4. The molecule has 106 valence electrons. The zero-order valence-electron chi connectivity index (χ0n) is 11.3. The molecule has 1 aromatic heterocycles. The number of hydrogen-bond donors (Lipinski definition) is 3. The topological polar surface area (TPSA) is 101 Å². The first-order chi connectivity index (χ1) is 10.1. The molecule has 1 heterocycles. The van der Waals surface area contributed by atoms with Crippen molar-refractivity contribution < 1.29 is 14.3 Å². The van der Waals surface area contributed by atoms with Crippen LogP contribution >= 0.6 is 0 Å². The van der Waals surface area contributed by atoms with Crippen molar-refractivity contribution in [3.63, 3.8) is 0 Å². The smallest absolute Gasteiger partial charge is 0.332 e. The highest BCUT2D eigenvalue weighted by Gasteiger charge is 2.15. The summed E-state index contributed by atoms with van der Waals surface area (Å²) in [6, 6.07) is 9.99. The summed E-state index contributed by atoms with van der Waals surface area (Å²) in [5.41, 5.74) is 9.58. The Morgan fingerprint density at radius 2 is 2.05 bits per heavy atom. The van der Waals surface area contributed by atoms with Gasteiger partial charge >= 0.3 is 6.03 Å². The summed E-state index contributed by atoms with van der Waals surface area (Å²) in [5.74, 6) is 0.0561. The van der Waals surface area contributed by atoms with Gasteiger partial charge in [-0.05, 0) is 25.1 Å². The summed E-state index contributed by atoms with van der Waals surface area (Å²) < 4.78 is 5.68. The Balaban J connectivity index is 2.30. The minimum Gasteiger partial charge on any atom is -0.504 e. The van der Waals surface area contributed by atoms with Crippen LogP contribution in [0.5, 0.6) is 5.75 Å². The Morgan fingerprint density at radius 3 is 2.81 bits per heavy atom. The van der Waals surface area contributed by atoms with Gasteiger partial charge in [-0.3, -0.25) is 0 Å². The van der Waals surface area contributed by atoms with E-state index < -0.39 is 6.03 Å². The van der Waals surface area contributed by atoms with Crippen LogP contribution in [0.15, 0.2) is 45.9 Å². The van der Waals surface area contributed by atoms with Gasteiger partial charge in [-0.15, -0.1) is 0 Å². The molecule has 0 atom stereocenters. The Labute approximate surface area is 119 Å². The molecule has 0 bridgehead atoms. The zero-order valence-corrected chi connectivity index (χ0v) is 11.3. The van der Waals surface area contributed by atoms with Crippen molar-refractivity contribution in [1.29, 1.82) is 0 Å². The minimum atomic E-state index is -0.735. The van der Waals surface area contributed by atoms with Crippen molar-refractivity contribution in [2.75, 3.05) is 0 Å². The molecule has 2 amide bonds. The summed E-state index contributed by atoms with van der Waals surface area (Å²) in [6.07, 6.45) is 0. The number of para-hydroxylation sites is 1. The van der Waals surface area contributed by atoms with Crippen molar-refractivity contribution in [3.05, 3.63) is 42.0 Å². The van der Waals surface area contributed by atoms with E-state index in [9.17, 15) is 9.90 Å². The summed E-state index contributed by atoms with van der Waals surface area (Å²) in [6.45, 7) is 1.74. The van der Waals surface area contributed by atoms with Crippen molar-refractivity contribution in [2.45, 2.75) is 6.92 Å². The number of aromatic hydroxyl groups is 1. The Morgan fingerprint density at radius 1 is 1.29 bits per heavy atom. The second-order valence-electron chi connectivity index (χ2n) is 4.61. The van der Waals surface area contributed by atoms with E-state index in [-0.39, 0.29) is 5.75 Å². The van der Waals surface area contributed by atoms with Crippen molar-refractivity contribution in [3.8, 4) is 5.75 Å². The van der Waals surface area contributed by atoms with E-state index in [4.69, 9.17) is 10.2 Å². The first kappa shape index (κ1) is 13.0. The number of urea groups is 1. The van der Waals surface area contributed by atoms with E-state index in [1.807, 2.05) is 24.3 Å². The second-order valence-corrected chi connectivity index (χ2v) is 4.61. The number of rotatable bonds is 2. The summed E-state index contributed by atoms with van der Waals surface area (Å²) in [4.78, 5) is 10.8. The van der Waals surface area contributed by atoms with E-state index in [0.29, 0.717) is 16.9 Å². The third-order valence-electron chi connectivity index (χ3n) is 3.23. The number of phenolic OH excluding ortho intramolecular Hbond substituents is 1. The largest absolute Gasteiger partial charge is 0.504 e. The fourth-order valence-electron chi connectivity index (χ4n) is 2.32. The average molecular weight is 283 g/mol. The highest BCUT2D eigenvalue weighted by Crippen LogP contribution is 2.36. The van der Waals surface area contributed by atoms with Crippen LogP contribution in [0.3, 0.4) is 0 Å². The maximum Gasteiger partial charge on any atom is 0.332 e. The number of phenols is 1. The molecule has 21 heavy (non-hydrogen) atoms. The molecule has 2 aromatic carbocycles. The quantitative estimate of drug-likeness (QED) is 0.498. The SMILES string of the molecule is C/C(=N/NC(N)=O)c1ccc(O)c2oc3ccccc3c12. The van der Waals surface area contributed by atoms with Crippen LogP contribution in [0.25, 0.3) is 21.9 Å². The molecule has 0 spiro atoms. The number of benzene rings is 2. The fraction of sp³-hybridized carbons (Fsp3) is 0.0667. The molecule has 0 aliphatic heterocycles. The van der Waals surface area contributed by atoms with Gasteiger partial charge in [-0.25, -0.2) is 10.2 Å². The minimum absolute atomic E-state index is 0.0561.